The van der Waals surface area contributed by atoms with Crippen LogP contribution in [0.1, 0.15) is 16.1 Å². The van der Waals surface area contributed by atoms with Crippen LogP contribution in [0.15, 0.2) is 41.4 Å². The maximum atomic E-state index is 12.7. The molecule has 0 saturated heterocycles. The molecule has 0 aliphatic heterocycles. The standard InChI is InChI=1S/C13H12FN3O3S/c1-8-6-10(3-5-12(8)21(15,19)20)17-13(18)11-4-2-9(14)7-16-11/h2-7H,1H3,(H,17,18)(H2,15,19,20). The van der Waals surface area contributed by atoms with E-state index >= 15 is 0 Å². The Hall–Kier alpha value is -2.32. The third-order valence-electron chi connectivity index (χ3n) is 2.70. The summed E-state index contributed by atoms with van der Waals surface area (Å²) in [5, 5.41) is 7.59. The van der Waals surface area contributed by atoms with Crippen molar-refractivity contribution in [2.24, 2.45) is 5.14 Å². The Morgan fingerprint density at radius 3 is 2.52 bits per heavy atom. The van der Waals surface area contributed by atoms with Gasteiger partial charge in [-0.25, -0.2) is 22.9 Å². The minimum absolute atomic E-state index is 0.0135. The lowest BCUT2D eigenvalue weighted by molar-refractivity contribution is 0.102. The van der Waals surface area contributed by atoms with Gasteiger partial charge in [-0.1, -0.05) is 0 Å². The van der Waals surface area contributed by atoms with Crippen LogP contribution in [-0.4, -0.2) is 19.3 Å². The van der Waals surface area contributed by atoms with Crippen LogP contribution >= 0.6 is 0 Å². The third-order valence-corrected chi connectivity index (χ3v) is 3.77. The Labute approximate surface area is 120 Å². The number of hydrogen-bond acceptors (Lipinski definition) is 4. The van der Waals surface area contributed by atoms with E-state index in [1.807, 2.05) is 0 Å². The quantitative estimate of drug-likeness (QED) is 0.895. The molecular formula is C13H12FN3O3S. The topological polar surface area (TPSA) is 102 Å². The summed E-state index contributed by atoms with van der Waals surface area (Å²) in [6, 6.07) is 6.56. The Kier molecular flexibility index (Phi) is 4.01. The van der Waals surface area contributed by atoms with Crippen molar-refractivity contribution in [3.63, 3.8) is 0 Å². The maximum Gasteiger partial charge on any atom is 0.274 e. The number of halogens is 1. The Balaban J connectivity index is 2.22. The molecule has 21 heavy (non-hydrogen) atoms. The van der Waals surface area contributed by atoms with Gasteiger partial charge in [-0.15, -0.1) is 0 Å². The fourth-order valence-electron chi connectivity index (χ4n) is 1.75. The average molecular weight is 309 g/mol. The van der Waals surface area contributed by atoms with Gasteiger partial charge in [-0.05, 0) is 42.8 Å². The van der Waals surface area contributed by atoms with E-state index in [1.165, 1.54) is 24.3 Å². The van der Waals surface area contributed by atoms with Crippen LogP contribution in [0, 0.1) is 12.7 Å². The number of anilines is 1. The lowest BCUT2D eigenvalue weighted by Gasteiger charge is -2.08. The van der Waals surface area contributed by atoms with E-state index in [1.54, 1.807) is 6.92 Å². The van der Waals surface area contributed by atoms with Crippen molar-refractivity contribution in [2.75, 3.05) is 5.32 Å². The van der Waals surface area contributed by atoms with Gasteiger partial charge in [-0.3, -0.25) is 4.79 Å². The van der Waals surface area contributed by atoms with Crippen LogP contribution in [0.5, 0.6) is 0 Å². The van der Waals surface area contributed by atoms with Crippen LogP contribution in [0.4, 0.5) is 10.1 Å². The lowest BCUT2D eigenvalue weighted by atomic mass is 10.2. The number of aromatic nitrogens is 1. The molecule has 8 heteroatoms. The van der Waals surface area contributed by atoms with Gasteiger partial charge in [0, 0.05) is 5.69 Å². The number of hydrogen-bond donors (Lipinski definition) is 2. The number of nitrogens with one attached hydrogen (secondary N) is 1. The zero-order valence-corrected chi connectivity index (χ0v) is 11.8. The van der Waals surface area contributed by atoms with E-state index < -0.39 is 21.7 Å². The van der Waals surface area contributed by atoms with Gasteiger partial charge in [0.2, 0.25) is 10.0 Å². The number of aryl methyl sites for hydroxylation is 1. The molecule has 0 atom stereocenters. The molecule has 0 unspecified atom stereocenters. The van der Waals surface area contributed by atoms with Crippen molar-refractivity contribution < 1.29 is 17.6 Å². The average Bonchev–Trinajstić information content (AvgIpc) is 2.37. The highest BCUT2D eigenvalue weighted by molar-refractivity contribution is 7.89. The molecule has 1 aromatic heterocycles. The summed E-state index contributed by atoms with van der Waals surface area (Å²) >= 11 is 0. The second-order valence-electron chi connectivity index (χ2n) is 4.34. The largest absolute Gasteiger partial charge is 0.321 e. The van der Waals surface area contributed by atoms with Crippen LogP contribution in [0.25, 0.3) is 0 Å². The van der Waals surface area contributed by atoms with Crippen LogP contribution in [0.2, 0.25) is 0 Å². The summed E-state index contributed by atoms with van der Waals surface area (Å²) in [5.41, 5.74) is 0.836. The summed E-state index contributed by atoms with van der Waals surface area (Å²) in [5.74, 6) is -1.07. The van der Waals surface area contributed by atoms with E-state index in [4.69, 9.17) is 5.14 Å². The number of carbonyl (C=O) groups excluding carboxylic acids is 1. The normalized spacial score (nSPS) is 11.2. The maximum absolute atomic E-state index is 12.7. The van der Waals surface area contributed by atoms with Gasteiger partial charge < -0.3 is 5.32 Å². The molecular weight excluding hydrogens is 297 g/mol. The van der Waals surface area contributed by atoms with E-state index in [9.17, 15) is 17.6 Å². The van der Waals surface area contributed by atoms with Gasteiger partial charge >= 0.3 is 0 Å². The molecule has 0 spiro atoms. The first kappa shape index (κ1) is 15.1. The number of primary sulfonamides is 1. The fourth-order valence-corrected chi connectivity index (χ4v) is 2.52. The van der Waals surface area contributed by atoms with Crippen LogP contribution in [-0.2, 0) is 10.0 Å². The van der Waals surface area contributed by atoms with Crippen molar-refractivity contribution in [1.29, 1.82) is 0 Å². The number of amides is 1. The van der Waals surface area contributed by atoms with Crippen molar-refractivity contribution >= 4 is 21.6 Å². The number of benzene rings is 1. The van der Waals surface area contributed by atoms with Crippen molar-refractivity contribution in [2.45, 2.75) is 11.8 Å². The molecule has 1 amide bonds. The number of nitrogens with zero attached hydrogens (tertiary/aromatic N) is 1. The van der Waals surface area contributed by atoms with E-state index in [2.05, 4.69) is 10.3 Å². The van der Waals surface area contributed by atoms with Gasteiger partial charge in [0.25, 0.3) is 5.91 Å². The summed E-state index contributed by atoms with van der Waals surface area (Å²) in [6.45, 7) is 1.56. The van der Waals surface area contributed by atoms with E-state index in [-0.39, 0.29) is 10.6 Å². The number of pyridine rings is 1. The van der Waals surface area contributed by atoms with Crippen LogP contribution < -0.4 is 10.5 Å². The van der Waals surface area contributed by atoms with E-state index in [0.717, 1.165) is 12.3 Å². The predicted molar refractivity (Wildman–Crippen MR) is 74.7 cm³/mol. The highest BCUT2D eigenvalue weighted by Crippen LogP contribution is 2.19. The summed E-state index contributed by atoms with van der Waals surface area (Å²) in [7, 11) is -3.80. The highest BCUT2D eigenvalue weighted by atomic mass is 32.2. The van der Waals surface area contributed by atoms with Gasteiger partial charge in [-0.2, -0.15) is 0 Å². The van der Waals surface area contributed by atoms with Gasteiger partial charge in [0.1, 0.15) is 11.5 Å². The summed E-state index contributed by atoms with van der Waals surface area (Å²) in [6.07, 6.45) is 0.935. The second-order valence-corrected chi connectivity index (χ2v) is 5.87. The molecule has 2 aromatic rings. The molecule has 0 aliphatic rings. The molecule has 0 radical (unpaired) electrons. The fraction of sp³-hybridized carbons (Fsp3) is 0.0769. The van der Waals surface area contributed by atoms with Crippen molar-refractivity contribution in [3.8, 4) is 0 Å². The Morgan fingerprint density at radius 1 is 1.29 bits per heavy atom. The predicted octanol–water partition coefficient (Wildman–Crippen LogP) is 1.43. The van der Waals surface area contributed by atoms with Crippen molar-refractivity contribution in [1.82, 2.24) is 4.98 Å². The van der Waals surface area contributed by atoms with E-state index in [0.29, 0.717) is 11.3 Å². The number of rotatable bonds is 3. The Morgan fingerprint density at radius 2 is 2.00 bits per heavy atom. The third kappa shape index (κ3) is 3.61. The number of carbonyl (C=O) groups is 1. The number of sulfonamides is 1. The molecule has 0 fully saturated rings. The SMILES string of the molecule is Cc1cc(NC(=O)c2ccc(F)cn2)ccc1S(N)(=O)=O. The minimum Gasteiger partial charge on any atom is -0.321 e. The molecule has 0 bridgehead atoms. The number of nitrogens with two attached hydrogens (primary N) is 1. The summed E-state index contributed by atoms with van der Waals surface area (Å²) in [4.78, 5) is 15.5. The zero-order chi connectivity index (χ0) is 15.6. The first-order chi connectivity index (χ1) is 9.77. The highest BCUT2D eigenvalue weighted by Gasteiger charge is 2.13. The molecule has 1 aromatic carbocycles. The molecule has 0 aliphatic carbocycles. The molecule has 0 saturated carbocycles. The molecule has 1 heterocycles. The van der Waals surface area contributed by atoms with Crippen LogP contribution in [0.3, 0.4) is 0 Å². The zero-order valence-electron chi connectivity index (χ0n) is 11.0. The molecule has 6 nitrogen and oxygen atoms in total. The first-order valence-electron chi connectivity index (χ1n) is 5.84. The van der Waals surface area contributed by atoms with Crippen molar-refractivity contribution in [3.05, 3.63) is 53.6 Å². The monoisotopic (exact) mass is 309 g/mol. The molecule has 110 valence electrons. The molecule has 3 N–H and O–H groups in total. The Bertz CT molecular complexity index is 789. The smallest absolute Gasteiger partial charge is 0.274 e. The summed E-state index contributed by atoms with van der Waals surface area (Å²) < 4.78 is 35.3. The minimum atomic E-state index is -3.80. The van der Waals surface area contributed by atoms with Gasteiger partial charge in [0.15, 0.2) is 0 Å². The lowest BCUT2D eigenvalue weighted by Crippen LogP contribution is -2.16. The molecule has 2 rings (SSSR count). The van der Waals surface area contributed by atoms with Gasteiger partial charge in [0.05, 0.1) is 11.1 Å². The second kappa shape index (κ2) is 5.58. The first-order valence-corrected chi connectivity index (χ1v) is 7.38.